The number of nitrogens with one attached hydrogen (secondary N) is 5. The van der Waals surface area contributed by atoms with Crippen LogP contribution in [-0.2, 0) is 36.8 Å². The number of H-pyrrole nitrogens is 2. The summed E-state index contributed by atoms with van der Waals surface area (Å²) < 4.78 is 0. The van der Waals surface area contributed by atoms with Gasteiger partial charge in [0.2, 0.25) is 17.7 Å². The van der Waals surface area contributed by atoms with E-state index >= 15 is 0 Å². The number of nitrogens with two attached hydrogens (primary N) is 1. The van der Waals surface area contributed by atoms with Gasteiger partial charge in [-0.3, -0.25) is 19.2 Å². The Hall–Kier alpha value is -5.17. The van der Waals surface area contributed by atoms with Crippen LogP contribution in [0.2, 0.25) is 0 Å². The molecule has 0 saturated heterocycles. The molecular weight excluding hydrogens is 544 g/mol. The minimum atomic E-state index is -1.53. The highest BCUT2D eigenvalue weighted by atomic mass is 16.4. The van der Waals surface area contributed by atoms with Gasteiger partial charge in [-0.2, -0.15) is 0 Å². The lowest BCUT2D eigenvalue weighted by Gasteiger charge is -2.22. The molecule has 4 unspecified atom stereocenters. The second-order valence-corrected chi connectivity index (χ2v) is 10.0. The van der Waals surface area contributed by atoms with Crippen molar-refractivity contribution < 1.29 is 34.2 Å². The maximum Gasteiger partial charge on any atom is 0.326 e. The summed E-state index contributed by atoms with van der Waals surface area (Å²) in [6.45, 7) is 1.32. The zero-order valence-corrected chi connectivity index (χ0v) is 22.7. The molecule has 9 N–H and O–H groups in total. The lowest BCUT2D eigenvalue weighted by Crippen LogP contribution is -2.57. The molecule has 2 aromatic heterocycles. The number of aromatic amines is 2. The maximum atomic E-state index is 12.9. The Morgan fingerprint density at radius 2 is 1.26 bits per heavy atom. The summed E-state index contributed by atoms with van der Waals surface area (Å²) in [5.41, 5.74) is 9.21. The zero-order chi connectivity index (χ0) is 30.4. The van der Waals surface area contributed by atoms with Gasteiger partial charge in [0.1, 0.15) is 18.1 Å². The van der Waals surface area contributed by atoms with Gasteiger partial charge in [0.05, 0.1) is 12.5 Å². The number of aliphatic carboxylic acids is 2. The van der Waals surface area contributed by atoms with Gasteiger partial charge in [-0.25, -0.2) is 4.79 Å². The monoisotopic (exact) mass is 576 g/mol. The summed E-state index contributed by atoms with van der Waals surface area (Å²) in [5.74, 6) is -5.11. The molecule has 42 heavy (non-hydrogen) atoms. The summed E-state index contributed by atoms with van der Waals surface area (Å²) in [6.07, 6.45) is 2.74. The lowest BCUT2D eigenvalue weighted by atomic mass is 10.0. The largest absolute Gasteiger partial charge is 0.481 e. The van der Waals surface area contributed by atoms with Crippen molar-refractivity contribution in [1.29, 1.82) is 0 Å². The quantitative estimate of drug-likeness (QED) is 0.113. The standard InChI is InChI=1S/C29H32N6O7/c1-15(26(38)35-24(29(41)42)11-17-14-32-22-9-5-3-7-19(17)22)33-28(40)23(12-25(36)37)34-27(39)20(30)10-16-13-31-21-8-4-2-6-18(16)21/h2-9,13-15,20,23-24,31-32H,10-12,30H2,1H3,(H,33,40)(H,34,39)(H,35,38)(H,36,37)(H,41,42). The van der Waals surface area contributed by atoms with E-state index in [-0.39, 0.29) is 12.8 Å². The minimum absolute atomic E-state index is 0.0161. The fourth-order valence-corrected chi connectivity index (χ4v) is 4.69. The molecule has 4 atom stereocenters. The van der Waals surface area contributed by atoms with Gasteiger partial charge in [0.15, 0.2) is 0 Å². The molecule has 0 fully saturated rings. The average molecular weight is 577 g/mol. The second-order valence-electron chi connectivity index (χ2n) is 10.0. The molecule has 13 heteroatoms. The Labute approximate surface area is 239 Å². The van der Waals surface area contributed by atoms with E-state index in [1.54, 1.807) is 12.4 Å². The SMILES string of the molecule is CC(NC(=O)C(CC(=O)O)NC(=O)C(N)Cc1c[nH]c2ccccc12)C(=O)NC(Cc1c[nH]c2ccccc12)C(=O)O. The molecule has 4 aromatic rings. The third-order valence-electron chi connectivity index (χ3n) is 6.93. The molecule has 0 spiro atoms. The Kier molecular flexibility index (Phi) is 9.22. The first kappa shape index (κ1) is 29.8. The predicted molar refractivity (Wildman–Crippen MR) is 153 cm³/mol. The molecule has 0 bridgehead atoms. The van der Waals surface area contributed by atoms with Gasteiger partial charge in [-0.1, -0.05) is 36.4 Å². The summed E-state index contributed by atoms with van der Waals surface area (Å²) in [5, 5.41) is 27.8. The van der Waals surface area contributed by atoms with Crippen molar-refractivity contribution in [3.63, 3.8) is 0 Å². The van der Waals surface area contributed by atoms with Crippen molar-refractivity contribution in [2.45, 2.75) is 50.4 Å². The van der Waals surface area contributed by atoms with Gasteiger partial charge in [0, 0.05) is 40.6 Å². The van der Waals surface area contributed by atoms with Crippen molar-refractivity contribution in [2.24, 2.45) is 5.73 Å². The molecular formula is C29H32N6O7. The molecule has 2 aromatic carbocycles. The predicted octanol–water partition coefficient (Wildman–Crippen LogP) is 0.795. The number of amides is 3. The fraction of sp³-hybridized carbons (Fsp3) is 0.276. The molecule has 0 aliphatic carbocycles. The molecule has 0 aliphatic heterocycles. The number of hydrogen-bond donors (Lipinski definition) is 8. The van der Waals surface area contributed by atoms with E-state index in [9.17, 15) is 34.2 Å². The average Bonchev–Trinajstić information content (AvgIpc) is 3.56. The first-order chi connectivity index (χ1) is 20.0. The highest BCUT2D eigenvalue weighted by Gasteiger charge is 2.30. The Balaban J connectivity index is 1.36. The fourth-order valence-electron chi connectivity index (χ4n) is 4.69. The van der Waals surface area contributed by atoms with E-state index in [1.165, 1.54) is 6.92 Å². The first-order valence-corrected chi connectivity index (χ1v) is 13.2. The molecule has 3 amide bonds. The molecule has 0 radical (unpaired) electrons. The van der Waals surface area contributed by atoms with Gasteiger partial charge < -0.3 is 41.9 Å². The second kappa shape index (κ2) is 13.0. The van der Waals surface area contributed by atoms with E-state index in [4.69, 9.17) is 5.73 Å². The Bertz CT molecular complexity index is 1630. The molecule has 2 heterocycles. The number of hydrogen-bond acceptors (Lipinski definition) is 6. The van der Waals surface area contributed by atoms with E-state index in [2.05, 4.69) is 25.9 Å². The van der Waals surface area contributed by atoms with Gasteiger partial charge in [-0.15, -0.1) is 0 Å². The van der Waals surface area contributed by atoms with Crippen LogP contribution in [0.5, 0.6) is 0 Å². The molecule has 0 saturated carbocycles. The van der Waals surface area contributed by atoms with Crippen LogP contribution in [0.4, 0.5) is 0 Å². The van der Waals surface area contributed by atoms with Gasteiger partial charge in [-0.05, 0) is 36.6 Å². The van der Waals surface area contributed by atoms with Crippen LogP contribution in [0.15, 0.2) is 60.9 Å². The summed E-state index contributed by atoms with van der Waals surface area (Å²) >= 11 is 0. The lowest BCUT2D eigenvalue weighted by molar-refractivity contribution is -0.143. The Morgan fingerprint density at radius 1 is 0.738 bits per heavy atom. The number of aromatic nitrogens is 2. The van der Waals surface area contributed by atoms with E-state index in [0.29, 0.717) is 5.56 Å². The smallest absolute Gasteiger partial charge is 0.326 e. The van der Waals surface area contributed by atoms with E-state index in [0.717, 1.165) is 27.4 Å². The van der Waals surface area contributed by atoms with Crippen molar-refractivity contribution in [3.8, 4) is 0 Å². The van der Waals surface area contributed by atoms with Crippen molar-refractivity contribution in [1.82, 2.24) is 25.9 Å². The molecule has 4 rings (SSSR count). The maximum absolute atomic E-state index is 12.9. The number of carbonyl (C=O) groups is 5. The van der Waals surface area contributed by atoms with Crippen LogP contribution in [-0.4, -0.2) is 74.0 Å². The highest BCUT2D eigenvalue weighted by Crippen LogP contribution is 2.20. The van der Waals surface area contributed by atoms with Crippen LogP contribution in [0.3, 0.4) is 0 Å². The topological polar surface area (TPSA) is 219 Å². The summed E-state index contributed by atoms with van der Waals surface area (Å²) in [7, 11) is 0. The highest BCUT2D eigenvalue weighted by molar-refractivity contribution is 5.96. The van der Waals surface area contributed by atoms with Gasteiger partial charge in [0.25, 0.3) is 0 Å². The zero-order valence-electron chi connectivity index (χ0n) is 22.7. The van der Waals surface area contributed by atoms with Crippen molar-refractivity contribution >= 4 is 51.5 Å². The van der Waals surface area contributed by atoms with Crippen LogP contribution in [0.1, 0.15) is 24.5 Å². The number of rotatable bonds is 13. The van der Waals surface area contributed by atoms with Crippen LogP contribution in [0.25, 0.3) is 21.8 Å². The number of carboxylic acid groups (broad SMARTS) is 2. The molecule has 220 valence electrons. The normalized spacial score (nSPS) is 14.0. The third-order valence-corrected chi connectivity index (χ3v) is 6.93. The first-order valence-electron chi connectivity index (χ1n) is 13.2. The third kappa shape index (κ3) is 7.12. The van der Waals surface area contributed by atoms with Crippen LogP contribution >= 0.6 is 0 Å². The molecule has 13 nitrogen and oxygen atoms in total. The molecule has 0 aliphatic rings. The van der Waals surface area contributed by atoms with E-state index < -0.39 is 60.2 Å². The number of carbonyl (C=O) groups excluding carboxylic acids is 3. The number of para-hydroxylation sites is 2. The van der Waals surface area contributed by atoms with Crippen LogP contribution < -0.4 is 21.7 Å². The van der Waals surface area contributed by atoms with Crippen molar-refractivity contribution in [2.75, 3.05) is 0 Å². The number of carboxylic acids is 2. The summed E-state index contributed by atoms with van der Waals surface area (Å²) in [4.78, 5) is 68.1. The van der Waals surface area contributed by atoms with E-state index in [1.807, 2.05) is 48.5 Å². The van der Waals surface area contributed by atoms with Crippen LogP contribution in [0, 0.1) is 0 Å². The Morgan fingerprint density at radius 3 is 1.81 bits per heavy atom. The number of benzene rings is 2. The minimum Gasteiger partial charge on any atom is -0.481 e. The van der Waals surface area contributed by atoms with Crippen molar-refractivity contribution in [3.05, 3.63) is 72.1 Å². The summed E-state index contributed by atoms with van der Waals surface area (Å²) in [6, 6.07) is 9.60. The van der Waals surface area contributed by atoms with Gasteiger partial charge >= 0.3 is 11.9 Å². The number of fused-ring (bicyclic) bond motifs is 2.